The van der Waals surface area contributed by atoms with Gasteiger partial charge in [-0.25, -0.2) is 9.67 Å². The van der Waals surface area contributed by atoms with Gasteiger partial charge in [0, 0.05) is 0 Å². The average molecular weight is 299 g/mol. The van der Waals surface area contributed by atoms with Gasteiger partial charge in [0.25, 0.3) is 0 Å². The largest absolute Gasteiger partial charge is 0.241 e. The number of nitriles is 2. The first-order chi connectivity index (χ1) is 11.2. The van der Waals surface area contributed by atoms with Crippen LogP contribution in [0.4, 0.5) is 0 Å². The van der Waals surface area contributed by atoms with E-state index in [1.165, 1.54) is 6.33 Å². The van der Waals surface area contributed by atoms with Crippen molar-refractivity contribution in [1.29, 1.82) is 10.5 Å². The topological polar surface area (TPSA) is 78.3 Å². The Morgan fingerprint density at radius 3 is 2.30 bits per heavy atom. The molecule has 3 rings (SSSR count). The molecule has 0 spiro atoms. The Bertz CT molecular complexity index is 896. The molecule has 1 heterocycles. The summed E-state index contributed by atoms with van der Waals surface area (Å²) in [5.41, 5.74) is 4.20. The van der Waals surface area contributed by atoms with Crippen molar-refractivity contribution in [2.75, 3.05) is 0 Å². The number of hydrogen-bond donors (Lipinski definition) is 0. The molecular weight excluding hydrogens is 286 g/mol. The first-order valence-corrected chi connectivity index (χ1v) is 7.07. The number of nitrogens with zero attached hydrogens (tertiary/aromatic N) is 5. The van der Waals surface area contributed by atoms with Crippen LogP contribution in [0.1, 0.15) is 33.9 Å². The van der Waals surface area contributed by atoms with Crippen LogP contribution in [0.25, 0.3) is 0 Å². The molecule has 0 bridgehead atoms. The van der Waals surface area contributed by atoms with Crippen molar-refractivity contribution in [3.63, 3.8) is 0 Å². The van der Waals surface area contributed by atoms with E-state index < -0.39 is 0 Å². The first-order valence-electron chi connectivity index (χ1n) is 7.07. The highest BCUT2D eigenvalue weighted by Gasteiger charge is 2.18. The van der Waals surface area contributed by atoms with E-state index >= 15 is 0 Å². The Balaban J connectivity index is 2.11. The highest BCUT2D eigenvalue weighted by molar-refractivity contribution is 5.43. The molecule has 0 aliphatic heterocycles. The minimum absolute atomic E-state index is 0.156. The second-order valence-corrected chi connectivity index (χ2v) is 5.20. The monoisotopic (exact) mass is 299 g/mol. The van der Waals surface area contributed by atoms with Crippen molar-refractivity contribution in [3.8, 4) is 12.1 Å². The first kappa shape index (κ1) is 14.5. The van der Waals surface area contributed by atoms with Crippen molar-refractivity contribution >= 4 is 0 Å². The molecule has 0 saturated carbocycles. The third-order valence-electron chi connectivity index (χ3n) is 3.74. The normalized spacial score (nSPS) is 11.4. The lowest BCUT2D eigenvalue weighted by molar-refractivity contribution is 0.593. The van der Waals surface area contributed by atoms with Crippen molar-refractivity contribution in [1.82, 2.24) is 14.8 Å². The SMILES string of the molecule is Cc1cc(C(c2ccc(C#N)cc2)n2cncn2)ccc1C#N. The van der Waals surface area contributed by atoms with E-state index in [4.69, 9.17) is 10.5 Å². The third kappa shape index (κ3) is 2.81. The number of aryl methyl sites for hydroxylation is 1. The lowest BCUT2D eigenvalue weighted by Gasteiger charge is -2.19. The van der Waals surface area contributed by atoms with Crippen LogP contribution in [0.3, 0.4) is 0 Å². The predicted molar refractivity (Wildman–Crippen MR) is 84.3 cm³/mol. The molecule has 0 aliphatic rings. The fourth-order valence-electron chi connectivity index (χ4n) is 2.57. The molecule has 1 unspecified atom stereocenters. The standard InChI is InChI=1S/C18H13N5/c1-13-8-16(6-7-17(13)10-20)18(23-12-21-11-22-23)15-4-2-14(9-19)3-5-15/h2-8,11-12,18H,1H3. The summed E-state index contributed by atoms with van der Waals surface area (Å²) in [6.45, 7) is 1.92. The molecule has 5 heteroatoms. The van der Waals surface area contributed by atoms with Gasteiger partial charge in [0.05, 0.1) is 23.3 Å². The number of rotatable bonds is 3. The van der Waals surface area contributed by atoms with E-state index in [0.717, 1.165) is 16.7 Å². The molecule has 0 saturated heterocycles. The van der Waals surface area contributed by atoms with Crippen LogP contribution in [-0.2, 0) is 0 Å². The minimum Gasteiger partial charge on any atom is -0.241 e. The van der Waals surface area contributed by atoms with Gasteiger partial charge in [-0.2, -0.15) is 15.6 Å². The summed E-state index contributed by atoms with van der Waals surface area (Å²) in [4.78, 5) is 4.03. The van der Waals surface area contributed by atoms with E-state index in [-0.39, 0.29) is 6.04 Å². The molecule has 0 aliphatic carbocycles. The zero-order chi connectivity index (χ0) is 16.2. The maximum Gasteiger partial charge on any atom is 0.137 e. The summed E-state index contributed by atoms with van der Waals surface area (Å²) >= 11 is 0. The van der Waals surface area contributed by atoms with Gasteiger partial charge in [-0.1, -0.05) is 24.3 Å². The Kier molecular flexibility index (Phi) is 3.86. The Labute approximate surface area is 134 Å². The summed E-state index contributed by atoms with van der Waals surface area (Å²) in [5.74, 6) is 0. The summed E-state index contributed by atoms with van der Waals surface area (Å²) in [7, 11) is 0. The summed E-state index contributed by atoms with van der Waals surface area (Å²) in [5, 5.41) is 22.3. The molecule has 0 N–H and O–H groups in total. The average Bonchev–Trinajstić information content (AvgIpc) is 3.10. The number of aromatic nitrogens is 3. The van der Waals surface area contributed by atoms with Crippen LogP contribution in [0.15, 0.2) is 55.1 Å². The van der Waals surface area contributed by atoms with Crippen molar-refractivity contribution in [2.24, 2.45) is 0 Å². The fraction of sp³-hybridized carbons (Fsp3) is 0.111. The highest BCUT2D eigenvalue weighted by atomic mass is 15.3. The highest BCUT2D eigenvalue weighted by Crippen LogP contribution is 2.27. The molecule has 110 valence electrons. The zero-order valence-corrected chi connectivity index (χ0v) is 12.5. The third-order valence-corrected chi connectivity index (χ3v) is 3.74. The summed E-state index contributed by atoms with van der Waals surface area (Å²) < 4.78 is 1.77. The molecular formula is C18H13N5. The second kappa shape index (κ2) is 6.13. The maximum absolute atomic E-state index is 9.10. The van der Waals surface area contributed by atoms with Crippen molar-refractivity contribution in [2.45, 2.75) is 13.0 Å². The maximum atomic E-state index is 9.10. The van der Waals surface area contributed by atoms with Gasteiger partial charge in [0.1, 0.15) is 18.7 Å². The molecule has 1 aromatic heterocycles. The minimum atomic E-state index is -0.156. The van der Waals surface area contributed by atoms with Gasteiger partial charge in [0.2, 0.25) is 0 Å². The van der Waals surface area contributed by atoms with Gasteiger partial charge in [0.15, 0.2) is 0 Å². The van der Waals surface area contributed by atoms with Crippen LogP contribution in [0.2, 0.25) is 0 Å². The number of benzene rings is 2. The lowest BCUT2D eigenvalue weighted by atomic mass is 9.95. The second-order valence-electron chi connectivity index (χ2n) is 5.20. The molecule has 0 fully saturated rings. The Morgan fingerprint density at radius 1 is 1.00 bits per heavy atom. The van der Waals surface area contributed by atoms with Crippen LogP contribution >= 0.6 is 0 Å². The Morgan fingerprint density at radius 2 is 1.74 bits per heavy atom. The molecule has 5 nitrogen and oxygen atoms in total. The molecule has 1 atom stereocenters. The Hall–Kier alpha value is -3.44. The van der Waals surface area contributed by atoms with Crippen molar-refractivity contribution in [3.05, 3.63) is 82.9 Å². The molecule has 3 aromatic rings. The smallest absolute Gasteiger partial charge is 0.137 e. The van der Waals surface area contributed by atoms with E-state index in [2.05, 4.69) is 22.2 Å². The van der Waals surface area contributed by atoms with Crippen LogP contribution < -0.4 is 0 Å². The van der Waals surface area contributed by atoms with Gasteiger partial charge < -0.3 is 0 Å². The predicted octanol–water partition coefficient (Wildman–Crippen LogP) is 2.97. The number of hydrogen-bond acceptors (Lipinski definition) is 4. The quantitative estimate of drug-likeness (QED) is 0.744. The van der Waals surface area contributed by atoms with E-state index in [0.29, 0.717) is 11.1 Å². The molecule has 0 radical (unpaired) electrons. The molecule has 23 heavy (non-hydrogen) atoms. The van der Waals surface area contributed by atoms with Gasteiger partial charge in [-0.05, 0) is 41.8 Å². The molecule has 2 aromatic carbocycles. The van der Waals surface area contributed by atoms with E-state index in [1.807, 2.05) is 37.3 Å². The van der Waals surface area contributed by atoms with Gasteiger partial charge in [-0.15, -0.1) is 0 Å². The lowest BCUT2D eigenvalue weighted by Crippen LogP contribution is -2.13. The van der Waals surface area contributed by atoms with Crippen LogP contribution in [0, 0.1) is 29.6 Å². The zero-order valence-electron chi connectivity index (χ0n) is 12.5. The summed E-state index contributed by atoms with van der Waals surface area (Å²) in [6.07, 6.45) is 3.16. The fourth-order valence-corrected chi connectivity index (χ4v) is 2.57. The van der Waals surface area contributed by atoms with E-state index in [9.17, 15) is 0 Å². The van der Waals surface area contributed by atoms with Gasteiger partial charge >= 0.3 is 0 Å². The summed E-state index contributed by atoms with van der Waals surface area (Å²) in [6, 6.07) is 17.3. The van der Waals surface area contributed by atoms with Crippen molar-refractivity contribution < 1.29 is 0 Å². The van der Waals surface area contributed by atoms with E-state index in [1.54, 1.807) is 23.1 Å². The van der Waals surface area contributed by atoms with Crippen LogP contribution in [-0.4, -0.2) is 14.8 Å². The molecule has 0 amide bonds. The van der Waals surface area contributed by atoms with Gasteiger partial charge in [-0.3, -0.25) is 0 Å². The van der Waals surface area contributed by atoms with Crippen LogP contribution in [0.5, 0.6) is 0 Å².